The van der Waals surface area contributed by atoms with Crippen LogP contribution in [0, 0.1) is 0 Å². The smallest absolute Gasteiger partial charge is 0.355 e. The van der Waals surface area contributed by atoms with Gasteiger partial charge in [0.15, 0.2) is 0 Å². The third-order valence-corrected chi connectivity index (χ3v) is 6.53. The second kappa shape index (κ2) is 10.7. The number of hydrogen-bond acceptors (Lipinski definition) is 5. The number of fused-ring (bicyclic) bond motifs is 2. The predicted octanol–water partition coefficient (Wildman–Crippen LogP) is 6.36. The van der Waals surface area contributed by atoms with E-state index in [0.29, 0.717) is 28.3 Å². The van der Waals surface area contributed by atoms with Gasteiger partial charge in [-0.3, -0.25) is 0 Å². The SMILES string of the molecule is C=CCOC(=O)c1[nH]c2ccccc2c1C(c1ccc(OC)cc1)c1c(C(=O)OCC)[nH]c2ccccc12. The first-order chi connectivity index (χ1) is 18.6. The molecule has 7 nitrogen and oxygen atoms in total. The van der Waals surface area contributed by atoms with Gasteiger partial charge in [0.05, 0.1) is 13.7 Å². The lowest BCUT2D eigenvalue weighted by Crippen LogP contribution is -2.15. The van der Waals surface area contributed by atoms with E-state index >= 15 is 0 Å². The molecule has 7 heteroatoms. The summed E-state index contributed by atoms with van der Waals surface area (Å²) in [6, 6.07) is 23.0. The molecule has 3 aromatic carbocycles. The lowest BCUT2D eigenvalue weighted by Gasteiger charge is -2.21. The molecule has 0 fully saturated rings. The number of aromatic amines is 2. The van der Waals surface area contributed by atoms with Gasteiger partial charge >= 0.3 is 11.9 Å². The zero-order chi connectivity index (χ0) is 26.6. The molecule has 0 aliphatic rings. The molecule has 0 bridgehead atoms. The number of hydrogen-bond donors (Lipinski definition) is 2. The number of carbonyl (C=O) groups excluding carboxylic acids is 2. The van der Waals surface area contributed by atoms with Gasteiger partial charge in [-0.1, -0.05) is 61.2 Å². The Bertz CT molecular complexity index is 1630. The van der Waals surface area contributed by atoms with Gasteiger partial charge in [-0.2, -0.15) is 0 Å². The van der Waals surface area contributed by atoms with Gasteiger partial charge in [0.25, 0.3) is 0 Å². The first-order valence-corrected chi connectivity index (χ1v) is 12.4. The molecule has 2 aromatic heterocycles. The van der Waals surface area contributed by atoms with E-state index in [9.17, 15) is 9.59 Å². The number of nitrogens with one attached hydrogen (secondary N) is 2. The third-order valence-electron chi connectivity index (χ3n) is 6.53. The highest BCUT2D eigenvalue weighted by molar-refractivity contribution is 6.03. The second-order valence-corrected chi connectivity index (χ2v) is 8.73. The molecule has 5 aromatic rings. The fraction of sp³-hybridized carbons (Fsp3) is 0.161. The molecular weight excluding hydrogens is 480 g/mol. The summed E-state index contributed by atoms with van der Waals surface area (Å²) in [6.07, 6.45) is 1.53. The zero-order valence-electron chi connectivity index (χ0n) is 21.2. The van der Waals surface area contributed by atoms with Gasteiger partial charge in [0.2, 0.25) is 0 Å². The Balaban J connectivity index is 1.87. The molecular formula is C31H28N2O5. The van der Waals surface area contributed by atoms with Crippen molar-refractivity contribution < 1.29 is 23.8 Å². The highest BCUT2D eigenvalue weighted by Crippen LogP contribution is 2.43. The van der Waals surface area contributed by atoms with Crippen molar-refractivity contribution in [1.29, 1.82) is 0 Å². The highest BCUT2D eigenvalue weighted by atomic mass is 16.5. The van der Waals surface area contributed by atoms with E-state index in [1.807, 2.05) is 72.8 Å². The molecule has 1 unspecified atom stereocenters. The molecule has 0 aliphatic heterocycles. The van der Waals surface area contributed by atoms with E-state index in [4.69, 9.17) is 14.2 Å². The lowest BCUT2D eigenvalue weighted by atomic mass is 9.82. The van der Waals surface area contributed by atoms with Gasteiger partial charge in [0, 0.05) is 38.9 Å². The minimum absolute atomic E-state index is 0.0714. The van der Waals surface area contributed by atoms with Crippen molar-refractivity contribution in [2.75, 3.05) is 20.3 Å². The summed E-state index contributed by atoms with van der Waals surface area (Å²) in [4.78, 5) is 33.2. The topological polar surface area (TPSA) is 93.4 Å². The van der Waals surface area contributed by atoms with Crippen LogP contribution in [0.25, 0.3) is 21.8 Å². The maximum atomic E-state index is 13.4. The molecule has 0 saturated heterocycles. The van der Waals surface area contributed by atoms with Crippen molar-refractivity contribution in [2.24, 2.45) is 0 Å². The monoisotopic (exact) mass is 508 g/mol. The maximum absolute atomic E-state index is 13.4. The van der Waals surface area contributed by atoms with E-state index < -0.39 is 17.9 Å². The van der Waals surface area contributed by atoms with Gasteiger partial charge in [0.1, 0.15) is 23.7 Å². The first-order valence-electron chi connectivity index (χ1n) is 12.4. The Hall–Kier alpha value is -4.78. The third kappa shape index (κ3) is 4.43. The Morgan fingerprint density at radius 3 is 1.84 bits per heavy atom. The number of esters is 2. The van der Waals surface area contributed by atoms with E-state index in [2.05, 4.69) is 16.5 Å². The van der Waals surface area contributed by atoms with Crippen LogP contribution >= 0.6 is 0 Å². The van der Waals surface area contributed by atoms with Crippen LogP contribution in [0.4, 0.5) is 0 Å². The Labute approximate surface area is 220 Å². The van der Waals surface area contributed by atoms with Crippen LogP contribution in [0.15, 0.2) is 85.5 Å². The van der Waals surface area contributed by atoms with Crippen molar-refractivity contribution in [2.45, 2.75) is 12.8 Å². The highest BCUT2D eigenvalue weighted by Gasteiger charge is 2.33. The summed E-state index contributed by atoms with van der Waals surface area (Å²) in [5.74, 6) is -0.805. The first kappa shape index (κ1) is 24.9. The Morgan fingerprint density at radius 1 is 0.816 bits per heavy atom. The summed E-state index contributed by atoms with van der Waals surface area (Å²) in [5.41, 5.74) is 4.51. The number of benzene rings is 3. The van der Waals surface area contributed by atoms with Gasteiger partial charge in [-0.05, 0) is 36.8 Å². The fourth-order valence-electron chi connectivity index (χ4n) is 4.93. The molecule has 0 radical (unpaired) electrons. The summed E-state index contributed by atoms with van der Waals surface area (Å²) < 4.78 is 16.3. The molecule has 192 valence electrons. The van der Waals surface area contributed by atoms with Crippen molar-refractivity contribution >= 4 is 33.7 Å². The van der Waals surface area contributed by atoms with E-state index in [1.54, 1.807) is 14.0 Å². The molecule has 0 spiro atoms. The quantitative estimate of drug-likeness (QED) is 0.179. The van der Waals surface area contributed by atoms with Gasteiger partial charge < -0.3 is 24.2 Å². The second-order valence-electron chi connectivity index (χ2n) is 8.73. The number of ether oxygens (including phenoxy) is 3. The molecule has 38 heavy (non-hydrogen) atoms. The molecule has 2 N–H and O–H groups in total. The van der Waals surface area contributed by atoms with Crippen LogP contribution in [-0.2, 0) is 9.47 Å². The van der Waals surface area contributed by atoms with Crippen LogP contribution in [-0.4, -0.2) is 42.2 Å². The largest absolute Gasteiger partial charge is 0.497 e. The molecule has 0 saturated carbocycles. The average Bonchev–Trinajstić information content (AvgIpc) is 3.52. The molecule has 0 amide bonds. The summed E-state index contributed by atoms with van der Waals surface area (Å²) >= 11 is 0. The average molecular weight is 509 g/mol. The number of aromatic nitrogens is 2. The number of H-pyrrole nitrogens is 2. The van der Waals surface area contributed by atoms with Gasteiger partial charge in [-0.25, -0.2) is 9.59 Å². The van der Waals surface area contributed by atoms with E-state index in [1.165, 1.54) is 6.08 Å². The number of para-hydroxylation sites is 2. The van der Waals surface area contributed by atoms with Crippen molar-refractivity contribution in [3.63, 3.8) is 0 Å². The van der Waals surface area contributed by atoms with Crippen molar-refractivity contribution in [3.8, 4) is 5.75 Å². The minimum atomic E-state index is -0.529. The van der Waals surface area contributed by atoms with E-state index in [0.717, 1.165) is 27.4 Å². The normalized spacial score (nSPS) is 11.8. The number of methoxy groups -OCH3 is 1. The maximum Gasteiger partial charge on any atom is 0.355 e. The molecule has 5 rings (SSSR count). The summed E-state index contributed by atoms with van der Waals surface area (Å²) in [7, 11) is 1.61. The summed E-state index contributed by atoms with van der Waals surface area (Å²) in [6.45, 7) is 5.73. The van der Waals surface area contributed by atoms with Crippen LogP contribution in [0.3, 0.4) is 0 Å². The predicted molar refractivity (Wildman–Crippen MR) is 147 cm³/mol. The van der Waals surface area contributed by atoms with Gasteiger partial charge in [-0.15, -0.1) is 0 Å². The number of rotatable bonds is 9. The molecule has 2 heterocycles. The van der Waals surface area contributed by atoms with Crippen molar-refractivity contribution in [1.82, 2.24) is 9.97 Å². The number of carbonyl (C=O) groups is 2. The lowest BCUT2D eigenvalue weighted by molar-refractivity contribution is 0.0517. The molecule has 1 atom stereocenters. The van der Waals surface area contributed by atoms with Crippen LogP contribution in [0.2, 0.25) is 0 Å². The van der Waals surface area contributed by atoms with Crippen molar-refractivity contribution in [3.05, 3.63) is 114 Å². The van der Waals surface area contributed by atoms with Crippen LogP contribution in [0.5, 0.6) is 5.75 Å². The fourth-order valence-corrected chi connectivity index (χ4v) is 4.93. The summed E-state index contributed by atoms with van der Waals surface area (Å²) in [5, 5.41) is 1.70. The van der Waals surface area contributed by atoms with Crippen LogP contribution < -0.4 is 4.74 Å². The van der Waals surface area contributed by atoms with Crippen LogP contribution in [0.1, 0.15) is 50.5 Å². The van der Waals surface area contributed by atoms with E-state index in [-0.39, 0.29) is 13.2 Å². The molecule has 0 aliphatic carbocycles. The Morgan fingerprint density at radius 2 is 1.34 bits per heavy atom. The zero-order valence-corrected chi connectivity index (χ0v) is 21.2. The standard InChI is InChI=1S/C31H28N2O5/c1-4-18-38-31(35)29-27(22-11-7-9-13-24(22)33-29)25(19-14-16-20(36-3)17-15-19)26-21-10-6-8-12-23(21)32-28(26)30(34)37-5-2/h4,6-17,25,32-33H,1,5,18H2,2-3H3. The minimum Gasteiger partial charge on any atom is -0.497 e. The Kier molecular flexibility index (Phi) is 7.00.